The SMILES string of the molecule is CONC(=CCN)c1ccc(Cl)c(Cl)c1. The number of hydrogen-bond acceptors (Lipinski definition) is 3. The number of nitrogens with two attached hydrogens (primary N) is 1. The Morgan fingerprint density at radius 1 is 1.47 bits per heavy atom. The fourth-order valence-electron chi connectivity index (χ4n) is 1.11. The molecule has 0 amide bonds. The molecule has 0 aliphatic carbocycles. The van der Waals surface area contributed by atoms with Crippen molar-refractivity contribution in [1.82, 2.24) is 5.48 Å². The predicted octanol–water partition coefficient (Wildman–Crippen LogP) is 2.44. The summed E-state index contributed by atoms with van der Waals surface area (Å²) in [6.07, 6.45) is 1.79. The molecule has 1 rings (SSSR count). The minimum Gasteiger partial charge on any atom is -0.327 e. The van der Waals surface area contributed by atoms with E-state index in [0.717, 1.165) is 11.3 Å². The molecule has 82 valence electrons. The second-order valence-electron chi connectivity index (χ2n) is 2.79. The van der Waals surface area contributed by atoms with Gasteiger partial charge in [-0.1, -0.05) is 29.3 Å². The molecule has 3 N–H and O–H groups in total. The quantitative estimate of drug-likeness (QED) is 0.803. The molecule has 0 unspecified atom stereocenters. The van der Waals surface area contributed by atoms with Crippen LogP contribution in [0, 0.1) is 0 Å². The van der Waals surface area contributed by atoms with Gasteiger partial charge < -0.3 is 5.73 Å². The molecule has 0 aromatic heterocycles. The molecule has 3 nitrogen and oxygen atoms in total. The Balaban J connectivity index is 3.01. The lowest BCUT2D eigenvalue weighted by Gasteiger charge is -2.09. The Morgan fingerprint density at radius 3 is 2.73 bits per heavy atom. The summed E-state index contributed by atoms with van der Waals surface area (Å²) in [7, 11) is 1.53. The first kappa shape index (κ1) is 12.3. The Hall–Kier alpha value is -0.740. The summed E-state index contributed by atoms with van der Waals surface area (Å²) in [4.78, 5) is 4.83. The van der Waals surface area contributed by atoms with Gasteiger partial charge in [0, 0.05) is 12.1 Å². The number of hydroxylamine groups is 1. The van der Waals surface area contributed by atoms with Crippen molar-refractivity contribution in [2.24, 2.45) is 5.73 Å². The number of benzene rings is 1. The molecule has 0 heterocycles. The maximum atomic E-state index is 5.90. The number of nitrogens with one attached hydrogen (secondary N) is 1. The fourth-order valence-corrected chi connectivity index (χ4v) is 1.41. The first-order chi connectivity index (χ1) is 7.19. The monoisotopic (exact) mass is 246 g/mol. The van der Waals surface area contributed by atoms with Gasteiger partial charge in [-0.3, -0.25) is 10.3 Å². The van der Waals surface area contributed by atoms with Gasteiger partial charge in [-0.05, 0) is 18.2 Å². The van der Waals surface area contributed by atoms with Crippen molar-refractivity contribution in [2.45, 2.75) is 0 Å². The molecule has 0 fully saturated rings. The standard InChI is InChI=1S/C10H12Cl2N2O/c1-15-14-10(4-5-13)7-2-3-8(11)9(12)6-7/h2-4,6,14H,5,13H2,1H3. The van der Waals surface area contributed by atoms with Gasteiger partial charge in [-0.2, -0.15) is 0 Å². The van der Waals surface area contributed by atoms with E-state index in [1.54, 1.807) is 18.2 Å². The molecule has 0 saturated heterocycles. The van der Waals surface area contributed by atoms with Crippen molar-refractivity contribution < 1.29 is 4.84 Å². The van der Waals surface area contributed by atoms with Gasteiger partial charge in [0.25, 0.3) is 0 Å². The molecule has 5 heteroatoms. The normalized spacial score (nSPS) is 11.6. The molecule has 0 aliphatic rings. The van der Waals surface area contributed by atoms with Crippen molar-refractivity contribution >= 4 is 28.9 Å². The minimum atomic E-state index is 0.409. The first-order valence-electron chi connectivity index (χ1n) is 4.33. The number of halogens is 2. The minimum absolute atomic E-state index is 0.409. The summed E-state index contributed by atoms with van der Waals surface area (Å²) in [6, 6.07) is 5.31. The summed E-state index contributed by atoms with van der Waals surface area (Å²) >= 11 is 11.7. The van der Waals surface area contributed by atoms with Crippen LogP contribution in [-0.2, 0) is 4.84 Å². The van der Waals surface area contributed by atoms with Crippen LogP contribution in [0.25, 0.3) is 5.70 Å². The molecule has 0 saturated carbocycles. The fraction of sp³-hybridized carbons (Fsp3) is 0.200. The van der Waals surface area contributed by atoms with Crippen molar-refractivity contribution in [1.29, 1.82) is 0 Å². The van der Waals surface area contributed by atoms with Crippen LogP contribution in [0.3, 0.4) is 0 Å². The lowest BCUT2D eigenvalue weighted by atomic mass is 10.1. The maximum Gasteiger partial charge on any atom is 0.0650 e. The van der Waals surface area contributed by atoms with E-state index in [0.29, 0.717) is 16.6 Å². The van der Waals surface area contributed by atoms with Gasteiger partial charge in [-0.15, -0.1) is 0 Å². The van der Waals surface area contributed by atoms with E-state index in [1.165, 1.54) is 7.11 Å². The van der Waals surface area contributed by atoms with E-state index < -0.39 is 0 Å². The zero-order chi connectivity index (χ0) is 11.3. The summed E-state index contributed by atoms with van der Waals surface area (Å²) in [5, 5.41) is 1.01. The molecule has 1 aromatic carbocycles. The molecule has 0 atom stereocenters. The van der Waals surface area contributed by atoms with Gasteiger partial charge >= 0.3 is 0 Å². The molecule has 0 bridgehead atoms. The van der Waals surface area contributed by atoms with E-state index in [1.807, 2.05) is 6.07 Å². The third-order valence-electron chi connectivity index (χ3n) is 1.76. The van der Waals surface area contributed by atoms with Crippen LogP contribution >= 0.6 is 23.2 Å². The van der Waals surface area contributed by atoms with E-state index in [2.05, 4.69) is 5.48 Å². The predicted molar refractivity (Wildman–Crippen MR) is 63.6 cm³/mol. The average molecular weight is 247 g/mol. The average Bonchev–Trinajstić information content (AvgIpc) is 2.22. The Morgan fingerprint density at radius 2 is 2.20 bits per heavy atom. The van der Waals surface area contributed by atoms with E-state index >= 15 is 0 Å². The Bertz CT molecular complexity index is 366. The summed E-state index contributed by atoms with van der Waals surface area (Å²) in [5.41, 5.74) is 9.79. The van der Waals surface area contributed by atoms with Gasteiger partial charge in [0.2, 0.25) is 0 Å². The number of rotatable bonds is 4. The van der Waals surface area contributed by atoms with E-state index in [4.69, 9.17) is 33.8 Å². The molecular formula is C10H12Cl2N2O. The third-order valence-corrected chi connectivity index (χ3v) is 2.50. The molecule has 0 spiro atoms. The molecule has 1 aromatic rings. The topological polar surface area (TPSA) is 47.3 Å². The Kier molecular flexibility index (Phi) is 4.91. The third kappa shape index (κ3) is 3.39. The van der Waals surface area contributed by atoms with Crippen molar-refractivity contribution in [3.63, 3.8) is 0 Å². The van der Waals surface area contributed by atoms with Gasteiger partial charge in [-0.25, -0.2) is 0 Å². The van der Waals surface area contributed by atoms with Crippen LogP contribution in [-0.4, -0.2) is 13.7 Å². The molecule has 15 heavy (non-hydrogen) atoms. The summed E-state index contributed by atoms with van der Waals surface area (Å²) in [5.74, 6) is 0. The Labute approximate surface area is 98.8 Å². The van der Waals surface area contributed by atoms with Crippen LogP contribution in [0.5, 0.6) is 0 Å². The van der Waals surface area contributed by atoms with Crippen LogP contribution in [0.2, 0.25) is 10.0 Å². The maximum absolute atomic E-state index is 5.90. The highest BCUT2D eigenvalue weighted by molar-refractivity contribution is 6.42. The second-order valence-corrected chi connectivity index (χ2v) is 3.60. The van der Waals surface area contributed by atoms with Crippen molar-refractivity contribution in [2.75, 3.05) is 13.7 Å². The van der Waals surface area contributed by atoms with Crippen molar-refractivity contribution in [3.05, 3.63) is 39.9 Å². The lowest BCUT2D eigenvalue weighted by molar-refractivity contribution is 0.136. The second kappa shape index (κ2) is 5.98. The van der Waals surface area contributed by atoms with Crippen LogP contribution < -0.4 is 11.2 Å². The zero-order valence-electron chi connectivity index (χ0n) is 8.26. The summed E-state index contributed by atoms with van der Waals surface area (Å²) < 4.78 is 0. The van der Waals surface area contributed by atoms with Crippen LogP contribution in [0.1, 0.15) is 5.56 Å². The highest BCUT2D eigenvalue weighted by Crippen LogP contribution is 2.25. The lowest BCUT2D eigenvalue weighted by Crippen LogP contribution is -2.12. The van der Waals surface area contributed by atoms with Gasteiger partial charge in [0.1, 0.15) is 0 Å². The van der Waals surface area contributed by atoms with Crippen LogP contribution in [0.15, 0.2) is 24.3 Å². The zero-order valence-corrected chi connectivity index (χ0v) is 9.77. The molecule has 0 aliphatic heterocycles. The van der Waals surface area contributed by atoms with Crippen molar-refractivity contribution in [3.8, 4) is 0 Å². The highest BCUT2D eigenvalue weighted by Gasteiger charge is 2.03. The van der Waals surface area contributed by atoms with E-state index in [9.17, 15) is 0 Å². The molecular weight excluding hydrogens is 235 g/mol. The van der Waals surface area contributed by atoms with Crippen LogP contribution in [0.4, 0.5) is 0 Å². The largest absolute Gasteiger partial charge is 0.327 e. The van der Waals surface area contributed by atoms with E-state index in [-0.39, 0.29) is 0 Å². The van der Waals surface area contributed by atoms with Gasteiger partial charge in [0.05, 0.1) is 22.9 Å². The highest BCUT2D eigenvalue weighted by atomic mass is 35.5. The number of hydrogen-bond donors (Lipinski definition) is 2. The smallest absolute Gasteiger partial charge is 0.0650 e. The van der Waals surface area contributed by atoms with Gasteiger partial charge in [0.15, 0.2) is 0 Å². The first-order valence-corrected chi connectivity index (χ1v) is 5.09. The summed E-state index contributed by atoms with van der Waals surface area (Å²) in [6.45, 7) is 0.409. The molecule has 0 radical (unpaired) electrons.